The third-order valence-electron chi connectivity index (χ3n) is 9.66. The van der Waals surface area contributed by atoms with E-state index in [2.05, 4.69) is 22.5 Å². The summed E-state index contributed by atoms with van der Waals surface area (Å²) < 4.78 is 42.3. The zero-order valence-electron chi connectivity index (χ0n) is 29.4. The Morgan fingerprint density at radius 1 is 1.02 bits per heavy atom. The van der Waals surface area contributed by atoms with Crippen molar-refractivity contribution in [3.05, 3.63) is 70.0 Å². The number of unbranched alkanes of at least 4 members (excludes halogenated alkanes) is 2. The lowest BCUT2D eigenvalue weighted by Crippen LogP contribution is -2.56. The second kappa shape index (κ2) is 16.1. The molecule has 0 spiro atoms. The van der Waals surface area contributed by atoms with Gasteiger partial charge in [-0.15, -0.1) is 0 Å². The number of hydrogen-bond acceptors (Lipinski definition) is 5. The van der Waals surface area contributed by atoms with Gasteiger partial charge in [0.05, 0.1) is 0 Å². The fourth-order valence-corrected chi connectivity index (χ4v) is 7.23. The minimum Gasteiger partial charge on any atom is -0.350 e. The molecule has 2 aliphatic heterocycles. The predicted molar refractivity (Wildman–Crippen MR) is 183 cm³/mol. The van der Waals surface area contributed by atoms with Crippen LogP contribution in [0.5, 0.6) is 0 Å². The summed E-state index contributed by atoms with van der Waals surface area (Å²) in [6.07, 6.45) is 6.20. The molecule has 2 fully saturated rings. The van der Waals surface area contributed by atoms with Crippen LogP contribution in [0.25, 0.3) is 0 Å². The summed E-state index contributed by atoms with van der Waals surface area (Å²) in [5.41, 5.74) is 1.33. The van der Waals surface area contributed by atoms with Gasteiger partial charge in [-0.3, -0.25) is 29.3 Å². The Morgan fingerprint density at radius 2 is 1.73 bits per heavy atom. The lowest BCUT2D eigenvalue weighted by Gasteiger charge is -2.39. The van der Waals surface area contributed by atoms with E-state index in [4.69, 9.17) is 0 Å². The van der Waals surface area contributed by atoms with Gasteiger partial charge in [-0.1, -0.05) is 37.2 Å². The molecule has 1 saturated carbocycles. The van der Waals surface area contributed by atoms with Gasteiger partial charge >= 0.3 is 0 Å². The van der Waals surface area contributed by atoms with E-state index in [0.29, 0.717) is 30.4 Å². The number of hydrogen-bond donors (Lipinski definition) is 2. The van der Waals surface area contributed by atoms with Crippen LogP contribution in [-0.4, -0.2) is 57.0 Å². The molecule has 51 heavy (non-hydrogen) atoms. The quantitative estimate of drug-likeness (QED) is 0.143. The van der Waals surface area contributed by atoms with Gasteiger partial charge in [-0.2, -0.15) is 0 Å². The van der Waals surface area contributed by atoms with Gasteiger partial charge in [0.1, 0.15) is 12.1 Å². The summed E-state index contributed by atoms with van der Waals surface area (Å²) in [6.45, 7) is 5.49. The van der Waals surface area contributed by atoms with Gasteiger partial charge in [0.25, 0.3) is 5.91 Å². The van der Waals surface area contributed by atoms with E-state index in [1.54, 1.807) is 12.1 Å². The molecule has 2 unspecified atom stereocenters. The van der Waals surface area contributed by atoms with E-state index in [9.17, 15) is 37.1 Å². The first-order valence-electron chi connectivity index (χ1n) is 17.7. The molecule has 3 aliphatic rings. The van der Waals surface area contributed by atoms with Crippen molar-refractivity contribution >= 4 is 29.5 Å². The summed E-state index contributed by atoms with van der Waals surface area (Å²) >= 11 is 0. The Hall–Kier alpha value is -4.66. The monoisotopic (exact) mass is 706 g/mol. The molecular weight excluding hydrogens is 661 g/mol. The van der Waals surface area contributed by atoms with E-state index < -0.39 is 41.0 Å². The van der Waals surface area contributed by atoms with E-state index in [0.717, 1.165) is 49.8 Å². The van der Waals surface area contributed by atoms with Gasteiger partial charge in [0.15, 0.2) is 17.5 Å². The number of halogens is 3. The molecule has 1 aliphatic carbocycles. The average Bonchev–Trinajstić information content (AvgIpc) is 3.40. The van der Waals surface area contributed by atoms with Crippen molar-refractivity contribution in [1.82, 2.24) is 20.4 Å². The highest BCUT2D eigenvalue weighted by Gasteiger charge is 2.40. The smallest absolute Gasteiger partial charge is 0.255 e. The van der Waals surface area contributed by atoms with E-state index in [1.807, 2.05) is 26.8 Å². The normalized spacial score (nSPS) is 18.4. The van der Waals surface area contributed by atoms with Crippen molar-refractivity contribution in [2.75, 3.05) is 0 Å². The number of benzene rings is 2. The van der Waals surface area contributed by atoms with E-state index in [-0.39, 0.29) is 67.5 Å². The summed E-state index contributed by atoms with van der Waals surface area (Å²) in [7, 11) is 0. The van der Waals surface area contributed by atoms with Crippen molar-refractivity contribution < 1.29 is 37.1 Å². The first-order chi connectivity index (χ1) is 24.2. The number of nitrogens with one attached hydrogen (secondary N) is 2. The molecule has 2 N–H and O–H groups in total. The lowest BCUT2D eigenvalue weighted by atomic mass is 9.82. The molecule has 2 aromatic carbocycles. The number of nitrogens with zero attached hydrogens (tertiary/aromatic N) is 2. The van der Waals surface area contributed by atoms with Crippen molar-refractivity contribution in [2.45, 2.75) is 122 Å². The SMILES string of the molecule is CC(C)(C)NC(=O)C(C1CCCCC1)N(Cc1cc(F)c(F)c(F)c1)C(=O)CCCCC#Cc1cccc2c1CN(C1CCC(=O)NC1=O)C2=O. The van der Waals surface area contributed by atoms with Crippen LogP contribution in [0.15, 0.2) is 30.3 Å². The summed E-state index contributed by atoms with van der Waals surface area (Å²) in [5.74, 6) is 0.00999. The fourth-order valence-electron chi connectivity index (χ4n) is 7.23. The van der Waals surface area contributed by atoms with Crippen molar-refractivity contribution in [3.8, 4) is 11.8 Å². The van der Waals surface area contributed by atoms with E-state index in [1.165, 1.54) is 9.80 Å². The molecule has 5 rings (SSSR count). The molecular formula is C39H45F3N4O5. The number of amides is 5. The number of carbonyl (C=O) groups is 5. The van der Waals surface area contributed by atoms with Crippen molar-refractivity contribution in [3.63, 3.8) is 0 Å². The maximum absolute atomic E-state index is 14.2. The second-order valence-electron chi connectivity index (χ2n) is 14.7. The third-order valence-corrected chi connectivity index (χ3v) is 9.66. The Labute approximate surface area is 296 Å². The molecule has 272 valence electrons. The first-order valence-corrected chi connectivity index (χ1v) is 17.7. The zero-order valence-corrected chi connectivity index (χ0v) is 29.4. The molecule has 12 heteroatoms. The predicted octanol–water partition coefficient (Wildman–Crippen LogP) is 5.67. The Bertz CT molecular complexity index is 1730. The maximum Gasteiger partial charge on any atom is 0.255 e. The minimum atomic E-state index is -1.59. The van der Waals surface area contributed by atoms with Crippen molar-refractivity contribution in [1.29, 1.82) is 0 Å². The van der Waals surface area contributed by atoms with Crippen LogP contribution in [0.4, 0.5) is 13.2 Å². The maximum atomic E-state index is 14.2. The summed E-state index contributed by atoms with van der Waals surface area (Å²) in [6, 6.07) is 5.39. The fraction of sp³-hybridized carbons (Fsp3) is 0.513. The number of piperidine rings is 1. The van der Waals surface area contributed by atoms with E-state index >= 15 is 0 Å². The largest absolute Gasteiger partial charge is 0.350 e. The van der Waals surface area contributed by atoms with Crippen LogP contribution >= 0.6 is 0 Å². The minimum absolute atomic E-state index is 0.0556. The second-order valence-corrected chi connectivity index (χ2v) is 14.7. The molecule has 9 nitrogen and oxygen atoms in total. The molecule has 0 bridgehead atoms. The van der Waals surface area contributed by atoms with Gasteiger partial charge in [-0.05, 0) is 94.2 Å². The Balaban J connectivity index is 1.27. The molecule has 0 aromatic heterocycles. The molecule has 0 radical (unpaired) electrons. The summed E-state index contributed by atoms with van der Waals surface area (Å²) in [4.78, 5) is 67.7. The topological polar surface area (TPSA) is 116 Å². The highest BCUT2D eigenvalue weighted by atomic mass is 19.2. The van der Waals surface area contributed by atoms with Crippen LogP contribution < -0.4 is 10.6 Å². The lowest BCUT2D eigenvalue weighted by molar-refractivity contribution is -0.144. The van der Waals surface area contributed by atoms with Crippen LogP contribution in [0.2, 0.25) is 0 Å². The molecule has 2 aromatic rings. The van der Waals surface area contributed by atoms with Crippen LogP contribution in [0.3, 0.4) is 0 Å². The molecule has 1 saturated heterocycles. The number of carbonyl (C=O) groups excluding carboxylic acids is 5. The third kappa shape index (κ3) is 9.18. The highest BCUT2D eigenvalue weighted by Crippen LogP contribution is 2.32. The first kappa shape index (κ1) is 37.6. The van der Waals surface area contributed by atoms with Crippen LogP contribution in [-0.2, 0) is 32.3 Å². The number of imide groups is 1. The van der Waals surface area contributed by atoms with Gasteiger partial charge in [-0.25, -0.2) is 13.2 Å². The van der Waals surface area contributed by atoms with Crippen LogP contribution in [0.1, 0.15) is 118 Å². The highest BCUT2D eigenvalue weighted by molar-refractivity contribution is 6.05. The number of fused-ring (bicyclic) bond motifs is 1. The Morgan fingerprint density at radius 3 is 2.39 bits per heavy atom. The molecule has 2 atom stereocenters. The van der Waals surface area contributed by atoms with Gasteiger partial charge < -0.3 is 15.1 Å². The van der Waals surface area contributed by atoms with Crippen molar-refractivity contribution in [2.24, 2.45) is 5.92 Å². The van der Waals surface area contributed by atoms with Gasteiger partial charge in [0.2, 0.25) is 23.6 Å². The van der Waals surface area contributed by atoms with Gasteiger partial charge in [0, 0.05) is 49.0 Å². The standard InChI is InChI=1S/C39H45F3N4O5/c1-39(2,3)44-37(50)35(26-13-8-6-9-14-26)46(22-24-20-29(40)34(42)30(41)21-24)33(48)17-10-5-4-7-12-25-15-11-16-27-28(25)23-45(38(27)51)31-18-19-32(47)43-36(31)49/h11,15-16,20-21,26,31,35H,4-6,8-10,13-14,17-19,22-23H2,1-3H3,(H,44,50)(H,43,47,49). The Kier molecular flexibility index (Phi) is 11.9. The number of rotatable bonds is 10. The van der Waals surface area contributed by atoms with Crippen LogP contribution in [0, 0.1) is 35.2 Å². The molecule has 5 amide bonds. The summed E-state index contributed by atoms with van der Waals surface area (Å²) in [5, 5.41) is 5.30. The molecule has 2 heterocycles. The zero-order chi connectivity index (χ0) is 36.9. The average molecular weight is 707 g/mol.